The Morgan fingerprint density at radius 1 is 1.00 bits per heavy atom. The lowest BCUT2D eigenvalue weighted by molar-refractivity contribution is -0.136. The second-order valence-corrected chi connectivity index (χ2v) is 12.3. The number of hydrogen-bond acceptors (Lipinski definition) is 8. The first-order valence-corrected chi connectivity index (χ1v) is 15.7. The number of aldehydes is 1. The minimum atomic E-state index is -0.592. The van der Waals surface area contributed by atoms with E-state index >= 15 is 0 Å². The van der Waals surface area contributed by atoms with E-state index in [9.17, 15) is 19.2 Å². The number of rotatable bonds is 8. The van der Waals surface area contributed by atoms with Crippen molar-refractivity contribution in [2.45, 2.75) is 44.7 Å². The van der Waals surface area contributed by atoms with E-state index in [1.54, 1.807) is 17.0 Å². The van der Waals surface area contributed by atoms with Gasteiger partial charge in [-0.25, -0.2) is 0 Å². The van der Waals surface area contributed by atoms with E-state index in [2.05, 4.69) is 31.4 Å². The van der Waals surface area contributed by atoms with E-state index in [0.717, 1.165) is 93.9 Å². The molecule has 4 aliphatic heterocycles. The van der Waals surface area contributed by atoms with Crippen LogP contribution in [0.2, 0.25) is 0 Å². The Balaban J connectivity index is 0.958. The zero-order chi connectivity index (χ0) is 30.8. The summed E-state index contributed by atoms with van der Waals surface area (Å²) < 4.78 is 0. The Kier molecular flexibility index (Phi) is 8.65. The number of piperazine rings is 1. The summed E-state index contributed by atoms with van der Waals surface area (Å²) in [5.41, 5.74) is 4.92. The molecule has 0 radical (unpaired) electrons. The average Bonchev–Trinajstić information content (AvgIpc) is 3.38. The van der Waals surface area contributed by atoms with Crippen molar-refractivity contribution in [2.75, 3.05) is 63.1 Å². The van der Waals surface area contributed by atoms with Crippen molar-refractivity contribution in [1.29, 1.82) is 5.41 Å². The number of nitrogens with one attached hydrogen (secondary N) is 3. The summed E-state index contributed by atoms with van der Waals surface area (Å²) in [5.74, 6) is 0.328. The second-order valence-electron chi connectivity index (χ2n) is 12.3. The van der Waals surface area contributed by atoms with Gasteiger partial charge in [0.15, 0.2) is 0 Å². The predicted octanol–water partition coefficient (Wildman–Crippen LogP) is 2.55. The van der Waals surface area contributed by atoms with Crippen LogP contribution in [0.5, 0.6) is 0 Å². The quantitative estimate of drug-likeness (QED) is 0.183. The molecular weight excluding hydrogens is 558 g/mol. The maximum atomic E-state index is 13.0. The van der Waals surface area contributed by atoms with Crippen LogP contribution >= 0.6 is 0 Å². The van der Waals surface area contributed by atoms with E-state index in [1.165, 1.54) is 0 Å². The molecule has 44 heavy (non-hydrogen) atoms. The Morgan fingerprint density at radius 2 is 1.77 bits per heavy atom. The van der Waals surface area contributed by atoms with Crippen LogP contribution in [-0.4, -0.2) is 103 Å². The van der Waals surface area contributed by atoms with Gasteiger partial charge in [-0.05, 0) is 80.1 Å². The number of amides is 3. The number of fused-ring (bicyclic) bond motifs is 1. The Bertz CT molecular complexity index is 1460. The lowest BCUT2D eigenvalue weighted by Crippen LogP contribution is -2.52. The third-order valence-corrected chi connectivity index (χ3v) is 9.73. The number of hydrogen-bond donors (Lipinski definition) is 3. The standard InChI is InChI=1S/C33H41N7O4/c1-35-28-5-2-23(21-41)18-27(28)31(34)39-12-9-22(10-13-39)8-11-37-14-16-38(17-15-37)25-3-4-26-24(19-25)20-40(33(26)44)29-6-7-30(42)36-32(29)43/h2-5,18-19,21-22,29,34-35H,6-17,20H2,1H3,(H,36,42,43). The van der Waals surface area contributed by atoms with Gasteiger partial charge in [0.1, 0.15) is 18.2 Å². The minimum absolute atomic E-state index is 0.136. The molecule has 3 N–H and O–H groups in total. The fourth-order valence-electron chi connectivity index (χ4n) is 7.02. The highest BCUT2D eigenvalue weighted by Gasteiger charge is 2.39. The lowest BCUT2D eigenvalue weighted by Gasteiger charge is -2.38. The largest absolute Gasteiger partial charge is 0.388 e. The molecule has 1 unspecified atom stereocenters. The number of anilines is 2. The number of benzene rings is 2. The van der Waals surface area contributed by atoms with Crippen LogP contribution in [0.1, 0.15) is 63.9 Å². The molecule has 4 heterocycles. The van der Waals surface area contributed by atoms with Gasteiger partial charge in [0, 0.05) is 87.3 Å². The molecule has 0 aliphatic carbocycles. The molecule has 3 fully saturated rings. The first kappa shape index (κ1) is 29.8. The van der Waals surface area contributed by atoms with E-state index in [1.807, 2.05) is 25.2 Å². The molecule has 6 rings (SSSR count). The van der Waals surface area contributed by atoms with Gasteiger partial charge in [0.25, 0.3) is 5.91 Å². The second kappa shape index (κ2) is 12.8. The van der Waals surface area contributed by atoms with E-state index in [4.69, 9.17) is 5.41 Å². The summed E-state index contributed by atoms with van der Waals surface area (Å²) in [6, 6.07) is 10.8. The maximum absolute atomic E-state index is 13.0. The third kappa shape index (κ3) is 6.06. The molecule has 3 saturated heterocycles. The molecule has 232 valence electrons. The molecule has 0 aromatic heterocycles. The van der Waals surface area contributed by atoms with Gasteiger partial charge in [-0.1, -0.05) is 0 Å². The zero-order valence-electron chi connectivity index (χ0n) is 25.3. The Morgan fingerprint density at radius 3 is 2.48 bits per heavy atom. The SMILES string of the molecule is CNc1ccc(C=O)cc1C(=N)N1CCC(CCN2CCN(c3ccc4c(c3)CN(C3CCC(=O)NC3=O)C4=O)CC2)CC1. The number of imide groups is 1. The highest BCUT2D eigenvalue weighted by atomic mass is 16.2. The van der Waals surface area contributed by atoms with Crippen LogP contribution in [0.4, 0.5) is 11.4 Å². The molecule has 2 aromatic rings. The summed E-state index contributed by atoms with van der Waals surface area (Å²) in [5, 5.41) is 14.3. The zero-order valence-corrected chi connectivity index (χ0v) is 25.3. The fourth-order valence-corrected chi connectivity index (χ4v) is 7.02. The van der Waals surface area contributed by atoms with Crippen LogP contribution in [0.25, 0.3) is 0 Å². The first-order valence-electron chi connectivity index (χ1n) is 15.7. The van der Waals surface area contributed by atoms with E-state index in [-0.39, 0.29) is 24.1 Å². The van der Waals surface area contributed by atoms with E-state index in [0.29, 0.717) is 35.8 Å². The molecule has 0 saturated carbocycles. The number of carbonyl (C=O) groups is 4. The summed E-state index contributed by atoms with van der Waals surface area (Å²) in [6.07, 6.45) is 4.74. The van der Waals surface area contributed by atoms with Crippen molar-refractivity contribution in [3.05, 3.63) is 58.7 Å². The highest BCUT2D eigenvalue weighted by molar-refractivity contribution is 6.05. The van der Waals surface area contributed by atoms with Crippen molar-refractivity contribution in [3.8, 4) is 0 Å². The molecular formula is C33H41N7O4. The predicted molar refractivity (Wildman–Crippen MR) is 168 cm³/mol. The van der Waals surface area contributed by atoms with Gasteiger partial charge in [0.05, 0.1) is 0 Å². The topological polar surface area (TPSA) is 129 Å². The molecule has 2 aromatic carbocycles. The lowest BCUT2D eigenvalue weighted by atomic mass is 9.92. The molecule has 11 nitrogen and oxygen atoms in total. The van der Waals surface area contributed by atoms with Crippen LogP contribution in [-0.2, 0) is 16.1 Å². The van der Waals surface area contributed by atoms with Crippen molar-refractivity contribution < 1.29 is 19.2 Å². The number of amidine groups is 1. The van der Waals surface area contributed by atoms with Gasteiger partial charge < -0.3 is 20.0 Å². The van der Waals surface area contributed by atoms with Gasteiger partial charge in [0.2, 0.25) is 11.8 Å². The summed E-state index contributed by atoms with van der Waals surface area (Å²) in [7, 11) is 1.84. The summed E-state index contributed by atoms with van der Waals surface area (Å²) in [4.78, 5) is 56.9. The average molecular weight is 600 g/mol. The number of piperidine rings is 2. The molecule has 0 spiro atoms. The first-order chi connectivity index (χ1) is 21.3. The van der Waals surface area contributed by atoms with Crippen LogP contribution in [0, 0.1) is 11.3 Å². The van der Waals surface area contributed by atoms with Gasteiger partial charge in [-0.3, -0.25) is 34.8 Å². The molecule has 4 aliphatic rings. The van der Waals surface area contributed by atoms with Gasteiger partial charge in [-0.2, -0.15) is 0 Å². The third-order valence-electron chi connectivity index (χ3n) is 9.73. The highest BCUT2D eigenvalue weighted by Crippen LogP contribution is 2.31. The van der Waals surface area contributed by atoms with Gasteiger partial charge in [-0.15, -0.1) is 0 Å². The fraction of sp³-hybridized carbons (Fsp3) is 0.485. The number of likely N-dealkylation sites (tertiary alicyclic amines) is 1. The van der Waals surface area contributed by atoms with Crippen LogP contribution in [0.3, 0.4) is 0 Å². The molecule has 3 amide bonds. The smallest absolute Gasteiger partial charge is 0.255 e. The summed E-state index contributed by atoms with van der Waals surface area (Å²) in [6.45, 7) is 7.00. The number of nitrogens with zero attached hydrogens (tertiary/aromatic N) is 4. The Labute approximate surface area is 258 Å². The van der Waals surface area contributed by atoms with Crippen LogP contribution < -0.4 is 15.5 Å². The van der Waals surface area contributed by atoms with Gasteiger partial charge >= 0.3 is 0 Å². The van der Waals surface area contributed by atoms with Crippen molar-refractivity contribution >= 4 is 41.2 Å². The molecule has 1 atom stereocenters. The summed E-state index contributed by atoms with van der Waals surface area (Å²) >= 11 is 0. The van der Waals surface area contributed by atoms with Crippen molar-refractivity contribution in [3.63, 3.8) is 0 Å². The van der Waals surface area contributed by atoms with Crippen molar-refractivity contribution in [1.82, 2.24) is 20.0 Å². The normalized spacial score (nSPS) is 21.3. The number of carbonyl (C=O) groups excluding carboxylic acids is 4. The minimum Gasteiger partial charge on any atom is -0.388 e. The Hall–Kier alpha value is -4.25. The molecule has 11 heteroatoms. The van der Waals surface area contributed by atoms with Crippen LogP contribution in [0.15, 0.2) is 36.4 Å². The monoisotopic (exact) mass is 599 g/mol. The maximum Gasteiger partial charge on any atom is 0.255 e. The molecule has 0 bridgehead atoms. The van der Waals surface area contributed by atoms with E-state index < -0.39 is 6.04 Å². The van der Waals surface area contributed by atoms with Crippen molar-refractivity contribution in [2.24, 2.45) is 5.92 Å².